The molecule has 0 spiro atoms. The Bertz CT molecular complexity index is 233. The molecule has 0 aromatic carbocycles. The summed E-state index contributed by atoms with van der Waals surface area (Å²) < 4.78 is 5.30. The maximum atomic E-state index is 12.1. The second kappa shape index (κ2) is 6.21. The lowest BCUT2D eigenvalue weighted by Crippen LogP contribution is -2.51. The highest BCUT2D eigenvalue weighted by atomic mass is 16.5. The van der Waals surface area contributed by atoms with Crippen molar-refractivity contribution in [3.05, 3.63) is 0 Å². The smallest absolute Gasteiger partial charge is 0.239 e. The summed E-state index contributed by atoms with van der Waals surface area (Å²) in [7, 11) is 1.70. The van der Waals surface area contributed by atoms with Gasteiger partial charge in [-0.05, 0) is 18.8 Å². The van der Waals surface area contributed by atoms with Crippen LogP contribution in [0.15, 0.2) is 0 Å². The van der Waals surface area contributed by atoms with Crippen molar-refractivity contribution in [1.82, 2.24) is 4.90 Å². The Morgan fingerprint density at radius 1 is 1.62 bits per heavy atom. The summed E-state index contributed by atoms with van der Waals surface area (Å²) in [5.74, 6) is 0.325. The molecule has 2 N–H and O–H groups in total. The zero-order valence-corrected chi connectivity index (χ0v) is 10.6. The van der Waals surface area contributed by atoms with E-state index in [2.05, 4.69) is 6.92 Å². The van der Waals surface area contributed by atoms with Crippen molar-refractivity contribution < 1.29 is 9.53 Å². The average Bonchev–Trinajstić information content (AvgIpc) is 2.36. The lowest BCUT2D eigenvalue weighted by molar-refractivity contribution is -0.137. The quantitative estimate of drug-likeness (QED) is 0.781. The highest BCUT2D eigenvalue weighted by molar-refractivity contribution is 5.82. The third-order valence-electron chi connectivity index (χ3n) is 3.57. The molecular weight excluding hydrogens is 204 g/mol. The molecule has 4 heteroatoms. The molecule has 0 radical (unpaired) electrons. The Morgan fingerprint density at radius 2 is 2.31 bits per heavy atom. The fourth-order valence-electron chi connectivity index (χ4n) is 2.04. The van der Waals surface area contributed by atoms with E-state index in [1.165, 1.54) is 0 Å². The van der Waals surface area contributed by atoms with Crippen LogP contribution in [0.1, 0.15) is 33.1 Å². The van der Waals surface area contributed by atoms with Crippen molar-refractivity contribution in [2.45, 2.75) is 45.3 Å². The van der Waals surface area contributed by atoms with Crippen LogP contribution in [0, 0.1) is 5.92 Å². The van der Waals surface area contributed by atoms with Gasteiger partial charge in [0.15, 0.2) is 0 Å². The summed E-state index contributed by atoms with van der Waals surface area (Å²) in [5, 5.41) is 0. The third kappa shape index (κ3) is 3.19. The van der Waals surface area contributed by atoms with Crippen molar-refractivity contribution >= 4 is 5.91 Å². The first-order valence-electron chi connectivity index (χ1n) is 6.17. The van der Waals surface area contributed by atoms with Crippen molar-refractivity contribution in [3.63, 3.8) is 0 Å². The van der Waals surface area contributed by atoms with E-state index in [4.69, 9.17) is 10.5 Å². The molecule has 1 amide bonds. The molecule has 0 aliphatic carbocycles. The molecule has 1 saturated heterocycles. The van der Waals surface area contributed by atoms with Crippen molar-refractivity contribution in [2.75, 3.05) is 20.2 Å². The van der Waals surface area contributed by atoms with Gasteiger partial charge in [0.2, 0.25) is 5.91 Å². The zero-order valence-electron chi connectivity index (χ0n) is 10.6. The average molecular weight is 228 g/mol. The molecule has 0 saturated carbocycles. The molecular formula is C12H24N2O2. The Morgan fingerprint density at radius 3 is 2.88 bits per heavy atom. The van der Waals surface area contributed by atoms with Gasteiger partial charge in [-0.2, -0.15) is 0 Å². The summed E-state index contributed by atoms with van der Waals surface area (Å²) in [6, 6.07) is -0.361. The van der Waals surface area contributed by atoms with Gasteiger partial charge < -0.3 is 15.4 Å². The monoisotopic (exact) mass is 228 g/mol. The fraction of sp³-hybridized carbons (Fsp3) is 0.917. The van der Waals surface area contributed by atoms with Gasteiger partial charge in [0, 0.05) is 20.2 Å². The minimum absolute atomic E-state index is 0.0797. The van der Waals surface area contributed by atoms with Crippen LogP contribution in [-0.4, -0.2) is 43.2 Å². The number of rotatable bonds is 4. The van der Waals surface area contributed by atoms with Crippen LogP contribution in [-0.2, 0) is 9.53 Å². The molecule has 1 fully saturated rings. The van der Waals surface area contributed by atoms with E-state index in [1.807, 2.05) is 11.8 Å². The van der Waals surface area contributed by atoms with Crippen LogP contribution in [0.4, 0.5) is 0 Å². The first-order chi connectivity index (χ1) is 7.60. The van der Waals surface area contributed by atoms with Crippen LogP contribution in [0.3, 0.4) is 0 Å². The standard InChI is InChI=1S/C12H24N2O2/c1-4-9(2)11(13)12(15)14-7-5-6-10(8-14)16-3/h9-11H,4-8,13H2,1-3H3/t9-,10?,11-/m0/s1. The minimum Gasteiger partial charge on any atom is -0.380 e. The van der Waals surface area contributed by atoms with E-state index in [0.29, 0.717) is 6.54 Å². The SMILES string of the molecule is CC[C@H](C)[C@H](N)C(=O)N1CCCC(OC)C1. The number of ether oxygens (including phenoxy) is 1. The van der Waals surface area contributed by atoms with E-state index < -0.39 is 0 Å². The molecule has 1 unspecified atom stereocenters. The number of carbonyl (C=O) groups excluding carboxylic acids is 1. The maximum absolute atomic E-state index is 12.1. The maximum Gasteiger partial charge on any atom is 0.239 e. The molecule has 1 aliphatic rings. The van der Waals surface area contributed by atoms with E-state index in [0.717, 1.165) is 25.8 Å². The molecule has 3 atom stereocenters. The molecule has 0 bridgehead atoms. The Balaban J connectivity index is 2.52. The van der Waals surface area contributed by atoms with Gasteiger partial charge in [-0.25, -0.2) is 0 Å². The van der Waals surface area contributed by atoms with Crippen molar-refractivity contribution in [1.29, 1.82) is 0 Å². The predicted octanol–water partition coefficient (Wildman–Crippen LogP) is 0.997. The lowest BCUT2D eigenvalue weighted by atomic mass is 9.97. The Hall–Kier alpha value is -0.610. The highest BCUT2D eigenvalue weighted by Crippen LogP contribution is 2.15. The normalized spacial score (nSPS) is 25.2. The number of amides is 1. The van der Waals surface area contributed by atoms with Gasteiger partial charge in [0.05, 0.1) is 12.1 Å². The van der Waals surface area contributed by atoms with E-state index in [-0.39, 0.29) is 24.0 Å². The number of likely N-dealkylation sites (tertiary alicyclic amines) is 1. The van der Waals surface area contributed by atoms with E-state index in [9.17, 15) is 4.79 Å². The van der Waals surface area contributed by atoms with E-state index in [1.54, 1.807) is 7.11 Å². The van der Waals surface area contributed by atoms with Gasteiger partial charge >= 0.3 is 0 Å². The topological polar surface area (TPSA) is 55.6 Å². The number of carbonyl (C=O) groups is 1. The Labute approximate surface area is 98.1 Å². The molecule has 0 aromatic heterocycles. The predicted molar refractivity (Wildman–Crippen MR) is 64.0 cm³/mol. The zero-order chi connectivity index (χ0) is 12.1. The number of hydrogen-bond acceptors (Lipinski definition) is 3. The fourth-order valence-corrected chi connectivity index (χ4v) is 2.04. The molecule has 94 valence electrons. The lowest BCUT2D eigenvalue weighted by Gasteiger charge is -2.34. The first-order valence-corrected chi connectivity index (χ1v) is 6.17. The Kier molecular flexibility index (Phi) is 5.22. The van der Waals surface area contributed by atoms with Gasteiger partial charge in [-0.1, -0.05) is 20.3 Å². The number of nitrogens with two attached hydrogens (primary N) is 1. The van der Waals surface area contributed by atoms with Gasteiger partial charge in [0.1, 0.15) is 0 Å². The molecule has 1 rings (SSSR count). The largest absolute Gasteiger partial charge is 0.380 e. The molecule has 16 heavy (non-hydrogen) atoms. The van der Waals surface area contributed by atoms with Gasteiger partial charge in [-0.15, -0.1) is 0 Å². The van der Waals surface area contributed by atoms with Crippen LogP contribution in [0.25, 0.3) is 0 Å². The van der Waals surface area contributed by atoms with Crippen molar-refractivity contribution in [2.24, 2.45) is 11.7 Å². The molecule has 0 aromatic rings. The molecule has 1 aliphatic heterocycles. The molecule has 4 nitrogen and oxygen atoms in total. The van der Waals surface area contributed by atoms with Crippen molar-refractivity contribution in [3.8, 4) is 0 Å². The third-order valence-corrected chi connectivity index (χ3v) is 3.57. The minimum atomic E-state index is -0.361. The van der Waals surface area contributed by atoms with Gasteiger partial charge in [0.25, 0.3) is 0 Å². The molecule has 1 heterocycles. The number of piperidine rings is 1. The van der Waals surface area contributed by atoms with Crippen LogP contribution >= 0.6 is 0 Å². The van der Waals surface area contributed by atoms with Crippen LogP contribution in [0.2, 0.25) is 0 Å². The second-order valence-corrected chi connectivity index (χ2v) is 4.70. The summed E-state index contributed by atoms with van der Waals surface area (Å²) in [4.78, 5) is 14.0. The summed E-state index contributed by atoms with van der Waals surface area (Å²) in [6.07, 6.45) is 3.17. The van der Waals surface area contributed by atoms with Crippen LogP contribution < -0.4 is 5.73 Å². The number of nitrogens with zero attached hydrogens (tertiary/aromatic N) is 1. The van der Waals surface area contributed by atoms with E-state index >= 15 is 0 Å². The summed E-state index contributed by atoms with van der Waals surface area (Å²) >= 11 is 0. The number of hydrogen-bond donors (Lipinski definition) is 1. The highest BCUT2D eigenvalue weighted by Gasteiger charge is 2.28. The summed E-state index contributed by atoms with van der Waals surface area (Å²) in [6.45, 7) is 5.61. The second-order valence-electron chi connectivity index (χ2n) is 4.70. The van der Waals surface area contributed by atoms with Crippen LogP contribution in [0.5, 0.6) is 0 Å². The van der Waals surface area contributed by atoms with Gasteiger partial charge in [-0.3, -0.25) is 4.79 Å². The summed E-state index contributed by atoms with van der Waals surface area (Å²) in [5.41, 5.74) is 5.96. The number of methoxy groups -OCH3 is 1. The first kappa shape index (κ1) is 13.5.